The van der Waals surface area contributed by atoms with Crippen molar-refractivity contribution in [2.45, 2.75) is 25.6 Å². The second-order valence-corrected chi connectivity index (χ2v) is 9.05. The Morgan fingerprint density at radius 1 is 1.21 bits per heavy atom. The van der Waals surface area contributed by atoms with Gasteiger partial charge in [-0.3, -0.25) is 14.9 Å². The maximum absolute atomic E-state index is 13.1. The Balaban J connectivity index is 1.94. The monoisotopic (exact) mass is 479 g/mol. The maximum atomic E-state index is 13.1. The normalized spacial score (nSPS) is 18.2. The van der Waals surface area contributed by atoms with Crippen LogP contribution in [0, 0.1) is 0 Å². The number of amides is 2. The Labute approximate surface area is 189 Å². The molecule has 11 heteroatoms. The Kier molecular flexibility index (Phi) is 5.39. The molecule has 33 heavy (non-hydrogen) atoms. The largest absolute Gasteiger partial charge is 0.573 e. The number of aromatic carboxylic acids is 1. The summed E-state index contributed by atoms with van der Waals surface area (Å²) in [4.78, 5) is 35.1. The summed E-state index contributed by atoms with van der Waals surface area (Å²) in [7, 11) is 0. The van der Waals surface area contributed by atoms with E-state index in [4.69, 9.17) is 4.74 Å². The number of alkyl halides is 3. The van der Waals surface area contributed by atoms with Gasteiger partial charge in [0, 0.05) is 22.1 Å². The summed E-state index contributed by atoms with van der Waals surface area (Å²) in [6.07, 6.45) is -3.66. The molecule has 0 radical (unpaired) electrons. The first kappa shape index (κ1) is 22.7. The molecule has 0 aliphatic carbocycles. The average Bonchev–Trinajstić information content (AvgIpc) is 3.18. The molecule has 2 aromatic rings. The van der Waals surface area contributed by atoms with E-state index < -0.39 is 34.6 Å². The molecule has 2 aliphatic heterocycles. The molecule has 2 N–H and O–H groups in total. The first-order valence-electron chi connectivity index (χ1n) is 9.54. The van der Waals surface area contributed by atoms with Crippen molar-refractivity contribution in [3.8, 4) is 22.6 Å². The fraction of sp³-hybridized carbons (Fsp3) is 0.227. The number of fused-ring (bicyclic) bond motifs is 1. The highest BCUT2D eigenvalue weighted by Crippen LogP contribution is 2.48. The molecule has 172 valence electrons. The lowest BCUT2D eigenvalue weighted by Gasteiger charge is -2.18. The molecule has 1 saturated heterocycles. The summed E-state index contributed by atoms with van der Waals surface area (Å²) in [5.74, 6) is -2.19. The van der Waals surface area contributed by atoms with E-state index in [0.29, 0.717) is 22.9 Å². The number of rotatable bonds is 4. The van der Waals surface area contributed by atoms with Gasteiger partial charge >= 0.3 is 12.3 Å². The predicted molar refractivity (Wildman–Crippen MR) is 113 cm³/mol. The van der Waals surface area contributed by atoms with Crippen molar-refractivity contribution in [1.29, 1.82) is 0 Å². The molecule has 0 atom stereocenters. The van der Waals surface area contributed by atoms with Crippen molar-refractivity contribution in [3.63, 3.8) is 0 Å². The van der Waals surface area contributed by atoms with E-state index in [2.05, 4.69) is 10.1 Å². The number of carboxylic acid groups (broad SMARTS) is 1. The van der Waals surface area contributed by atoms with Gasteiger partial charge in [-0.25, -0.2) is 4.79 Å². The SMILES string of the molecule is CC1(C)COc2c(-c3cc(/C=C4/SC(=O)NC4=O)ccc3OC(F)(F)F)cc(C(=O)O)cc21. The molecule has 0 spiro atoms. The van der Waals surface area contributed by atoms with E-state index in [1.807, 2.05) is 13.8 Å². The van der Waals surface area contributed by atoms with Crippen LogP contribution in [0.5, 0.6) is 11.5 Å². The van der Waals surface area contributed by atoms with Gasteiger partial charge in [0.25, 0.3) is 11.1 Å². The molecule has 0 saturated carbocycles. The first-order valence-corrected chi connectivity index (χ1v) is 10.4. The Hall–Kier alpha value is -3.47. The lowest BCUT2D eigenvalue weighted by atomic mass is 9.84. The Morgan fingerprint density at radius 2 is 1.94 bits per heavy atom. The molecule has 1 fully saturated rings. The number of nitrogens with one attached hydrogen (secondary N) is 1. The summed E-state index contributed by atoms with van der Waals surface area (Å²) in [5.41, 5.74) is 0.177. The lowest BCUT2D eigenvalue weighted by molar-refractivity contribution is -0.274. The van der Waals surface area contributed by atoms with E-state index >= 15 is 0 Å². The van der Waals surface area contributed by atoms with Crippen molar-refractivity contribution < 1.29 is 42.1 Å². The van der Waals surface area contributed by atoms with Crippen LogP contribution < -0.4 is 14.8 Å². The first-order chi connectivity index (χ1) is 15.3. The quantitative estimate of drug-likeness (QED) is 0.599. The fourth-order valence-corrected chi connectivity index (χ4v) is 4.26. The predicted octanol–water partition coefficient (Wildman–Crippen LogP) is 4.94. The van der Waals surface area contributed by atoms with Crippen LogP contribution in [0.3, 0.4) is 0 Å². The van der Waals surface area contributed by atoms with E-state index in [1.54, 1.807) is 0 Å². The van der Waals surface area contributed by atoms with Crippen molar-refractivity contribution in [1.82, 2.24) is 5.32 Å². The number of ether oxygens (including phenoxy) is 2. The fourth-order valence-electron chi connectivity index (χ4n) is 3.57. The van der Waals surface area contributed by atoms with Gasteiger partial charge in [-0.15, -0.1) is 13.2 Å². The van der Waals surface area contributed by atoms with Crippen molar-refractivity contribution >= 4 is 35.0 Å². The van der Waals surface area contributed by atoms with E-state index in [0.717, 1.165) is 6.07 Å². The number of halogens is 3. The molecule has 2 heterocycles. The molecule has 0 aromatic heterocycles. The minimum absolute atomic E-state index is 0.0670. The molecule has 0 bridgehead atoms. The van der Waals surface area contributed by atoms with Gasteiger partial charge in [-0.1, -0.05) is 19.9 Å². The molecule has 0 unspecified atom stereocenters. The third kappa shape index (κ3) is 4.54. The molecule has 2 aromatic carbocycles. The van der Waals surface area contributed by atoms with E-state index in [1.165, 1.54) is 30.3 Å². The second kappa shape index (κ2) is 7.84. The number of imide groups is 1. The van der Waals surface area contributed by atoms with Gasteiger partial charge in [-0.05, 0) is 47.7 Å². The topological polar surface area (TPSA) is 102 Å². The highest BCUT2D eigenvalue weighted by atomic mass is 32.2. The molecule has 4 rings (SSSR count). The summed E-state index contributed by atoms with van der Waals surface area (Å²) >= 11 is 0.658. The zero-order valence-corrected chi connectivity index (χ0v) is 18.0. The van der Waals surface area contributed by atoms with E-state index in [-0.39, 0.29) is 34.0 Å². The Morgan fingerprint density at radius 3 is 2.55 bits per heavy atom. The zero-order valence-electron chi connectivity index (χ0n) is 17.2. The number of carboxylic acids is 1. The van der Waals surface area contributed by atoms with Crippen LogP contribution in [-0.2, 0) is 10.2 Å². The van der Waals surface area contributed by atoms with Gasteiger partial charge in [-0.2, -0.15) is 0 Å². The summed E-state index contributed by atoms with van der Waals surface area (Å²) in [6.45, 7) is 3.86. The van der Waals surface area contributed by atoms with Crippen LogP contribution in [0.15, 0.2) is 35.2 Å². The summed E-state index contributed by atoms with van der Waals surface area (Å²) < 4.78 is 49.3. The van der Waals surface area contributed by atoms with Gasteiger partial charge in [0.2, 0.25) is 0 Å². The third-order valence-electron chi connectivity index (χ3n) is 5.10. The summed E-state index contributed by atoms with van der Waals surface area (Å²) in [6, 6.07) is 6.34. The highest BCUT2D eigenvalue weighted by molar-refractivity contribution is 8.18. The van der Waals surface area contributed by atoms with Crippen molar-refractivity contribution in [2.75, 3.05) is 6.61 Å². The van der Waals surface area contributed by atoms with Crippen LogP contribution in [0.25, 0.3) is 17.2 Å². The second-order valence-electron chi connectivity index (χ2n) is 8.03. The van der Waals surface area contributed by atoms with E-state index in [9.17, 15) is 32.7 Å². The standard InChI is InChI=1S/C22H16F3NO6S/c1-21(2)9-31-17-13(7-11(19(28)29)8-14(17)21)12-5-10(3-4-15(12)32-22(23,24)25)6-16-18(27)26-20(30)33-16/h3-8H,9H2,1-2H3,(H,28,29)(H,26,27,30)/b16-6+. The molecule has 2 amide bonds. The minimum atomic E-state index is -5.00. The van der Waals surface area contributed by atoms with Gasteiger partial charge in [0.15, 0.2) is 0 Å². The molecular weight excluding hydrogens is 463 g/mol. The third-order valence-corrected chi connectivity index (χ3v) is 5.91. The van der Waals surface area contributed by atoms with Crippen molar-refractivity contribution in [2.24, 2.45) is 0 Å². The van der Waals surface area contributed by atoms with Gasteiger partial charge < -0.3 is 14.6 Å². The van der Waals surface area contributed by atoms with Crippen LogP contribution in [0.2, 0.25) is 0 Å². The molecule has 2 aliphatic rings. The number of hydrogen-bond acceptors (Lipinski definition) is 6. The van der Waals surface area contributed by atoms with Crippen LogP contribution in [0.1, 0.15) is 35.3 Å². The maximum Gasteiger partial charge on any atom is 0.573 e. The average molecular weight is 479 g/mol. The number of carbonyl (C=O) groups is 3. The van der Waals surface area contributed by atoms with Crippen LogP contribution >= 0.6 is 11.8 Å². The lowest BCUT2D eigenvalue weighted by Crippen LogP contribution is -2.18. The number of hydrogen-bond donors (Lipinski definition) is 2. The van der Waals surface area contributed by atoms with Crippen LogP contribution in [-0.4, -0.2) is 35.2 Å². The van der Waals surface area contributed by atoms with Crippen molar-refractivity contribution in [3.05, 3.63) is 51.9 Å². The van der Waals surface area contributed by atoms with Crippen LogP contribution in [0.4, 0.5) is 18.0 Å². The number of thioether (sulfide) groups is 1. The number of benzene rings is 2. The molecule has 7 nitrogen and oxygen atoms in total. The number of carbonyl (C=O) groups excluding carboxylic acids is 2. The molecular formula is C22H16F3NO6S. The zero-order chi connectivity index (χ0) is 24.1. The van der Waals surface area contributed by atoms with Gasteiger partial charge in [0.1, 0.15) is 11.5 Å². The summed E-state index contributed by atoms with van der Waals surface area (Å²) in [5, 5.41) is 11.1. The van der Waals surface area contributed by atoms with Gasteiger partial charge in [0.05, 0.1) is 17.1 Å². The highest BCUT2D eigenvalue weighted by Gasteiger charge is 2.37. The Bertz CT molecular complexity index is 1240. The minimum Gasteiger partial charge on any atom is -0.492 e. The smallest absolute Gasteiger partial charge is 0.492 e.